The molecule has 1 aliphatic rings. The zero-order chi connectivity index (χ0) is 18.5. The number of hydrogen-bond donors (Lipinski definition) is 0. The van der Waals surface area contributed by atoms with E-state index in [0.717, 1.165) is 26.2 Å². The second-order valence-corrected chi connectivity index (χ2v) is 7.20. The molecule has 1 fully saturated rings. The second kappa shape index (κ2) is 8.65. The molecule has 0 unspecified atom stereocenters. The molecule has 1 saturated heterocycles. The Bertz CT molecular complexity index is 774. The van der Waals surface area contributed by atoms with Crippen molar-refractivity contribution in [2.45, 2.75) is 13.3 Å². The van der Waals surface area contributed by atoms with Crippen molar-refractivity contribution in [3.8, 4) is 5.75 Å². The van der Waals surface area contributed by atoms with E-state index in [4.69, 9.17) is 27.9 Å². The van der Waals surface area contributed by atoms with Crippen LogP contribution in [0.1, 0.15) is 12.0 Å². The van der Waals surface area contributed by atoms with Crippen molar-refractivity contribution >= 4 is 34.8 Å². The maximum atomic E-state index is 12.4. The fourth-order valence-corrected chi connectivity index (χ4v) is 3.31. The smallest absolute Gasteiger partial charge is 0.226 e. The number of carbonyl (C=O) groups is 1. The lowest BCUT2D eigenvalue weighted by Crippen LogP contribution is -2.49. The van der Waals surface area contributed by atoms with Gasteiger partial charge in [-0.25, -0.2) is 0 Å². The summed E-state index contributed by atoms with van der Waals surface area (Å²) < 4.78 is 5.61. The van der Waals surface area contributed by atoms with Gasteiger partial charge in [0, 0.05) is 37.9 Å². The van der Waals surface area contributed by atoms with Crippen molar-refractivity contribution in [1.82, 2.24) is 4.90 Å². The molecule has 6 heteroatoms. The van der Waals surface area contributed by atoms with Gasteiger partial charge in [-0.05, 0) is 36.8 Å². The van der Waals surface area contributed by atoms with Gasteiger partial charge in [-0.15, -0.1) is 0 Å². The van der Waals surface area contributed by atoms with Crippen LogP contribution in [0.4, 0.5) is 5.69 Å². The maximum absolute atomic E-state index is 12.4. The lowest BCUT2D eigenvalue weighted by molar-refractivity contribution is -0.132. The van der Waals surface area contributed by atoms with Crippen LogP contribution in [-0.2, 0) is 4.79 Å². The number of benzene rings is 2. The van der Waals surface area contributed by atoms with Crippen molar-refractivity contribution in [1.29, 1.82) is 0 Å². The first kappa shape index (κ1) is 18.9. The molecule has 0 N–H and O–H groups in total. The minimum atomic E-state index is 0.119. The molecule has 26 heavy (non-hydrogen) atoms. The summed E-state index contributed by atoms with van der Waals surface area (Å²) in [5.74, 6) is 0.741. The Morgan fingerprint density at radius 3 is 2.50 bits per heavy atom. The van der Waals surface area contributed by atoms with Gasteiger partial charge in [0.15, 0.2) is 0 Å². The van der Waals surface area contributed by atoms with Crippen LogP contribution in [0.2, 0.25) is 10.0 Å². The minimum absolute atomic E-state index is 0.119. The largest absolute Gasteiger partial charge is 0.493 e. The molecule has 1 heterocycles. The highest BCUT2D eigenvalue weighted by Gasteiger charge is 2.21. The number of halogens is 2. The molecule has 0 spiro atoms. The third-order valence-corrected chi connectivity index (χ3v) is 5.21. The Morgan fingerprint density at radius 1 is 1.04 bits per heavy atom. The van der Waals surface area contributed by atoms with E-state index < -0.39 is 0 Å². The lowest BCUT2D eigenvalue weighted by Gasteiger charge is -2.36. The van der Waals surface area contributed by atoms with Crippen LogP contribution in [0.15, 0.2) is 42.5 Å². The van der Waals surface area contributed by atoms with E-state index in [0.29, 0.717) is 28.8 Å². The van der Waals surface area contributed by atoms with Gasteiger partial charge < -0.3 is 14.5 Å². The summed E-state index contributed by atoms with van der Waals surface area (Å²) in [5.41, 5.74) is 2.47. The molecule has 4 nitrogen and oxygen atoms in total. The van der Waals surface area contributed by atoms with Gasteiger partial charge in [0.25, 0.3) is 0 Å². The van der Waals surface area contributed by atoms with Gasteiger partial charge in [-0.3, -0.25) is 4.79 Å². The quantitative estimate of drug-likeness (QED) is 0.754. The van der Waals surface area contributed by atoms with Gasteiger partial charge in [0.1, 0.15) is 5.75 Å². The third-order valence-electron chi connectivity index (χ3n) is 4.47. The maximum Gasteiger partial charge on any atom is 0.226 e. The second-order valence-electron chi connectivity index (χ2n) is 6.38. The summed E-state index contributed by atoms with van der Waals surface area (Å²) in [7, 11) is 0. The van der Waals surface area contributed by atoms with Gasteiger partial charge in [-0.1, -0.05) is 35.3 Å². The molecule has 138 valence electrons. The summed E-state index contributed by atoms with van der Waals surface area (Å²) in [6.07, 6.45) is 0.352. The van der Waals surface area contributed by atoms with E-state index in [1.54, 1.807) is 18.2 Å². The number of nitrogens with zero attached hydrogens (tertiary/aromatic N) is 2. The van der Waals surface area contributed by atoms with Crippen molar-refractivity contribution in [2.75, 3.05) is 37.7 Å². The average molecular weight is 393 g/mol. The number of amides is 1. The SMILES string of the molecule is Cc1cccc(N2CCN(C(=O)CCOc3ccc(Cl)c(Cl)c3)CC2)c1. The van der Waals surface area contributed by atoms with Crippen molar-refractivity contribution in [3.05, 3.63) is 58.1 Å². The number of aryl methyl sites for hydroxylation is 1. The van der Waals surface area contributed by atoms with Gasteiger partial charge >= 0.3 is 0 Å². The average Bonchev–Trinajstić information content (AvgIpc) is 2.65. The molecular weight excluding hydrogens is 371 g/mol. The topological polar surface area (TPSA) is 32.8 Å². The Hall–Kier alpha value is -1.91. The molecule has 1 aliphatic heterocycles. The number of carbonyl (C=O) groups excluding carboxylic acids is 1. The lowest BCUT2D eigenvalue weighted by atomic mass is 10.2. The normalized spacial score (nSPS) is 14.4. The predicted molar refractivity (Wildman–Crippen MR) is 107 cm³/mol. The highest BCUT2D eigenvalue weighted by molar-refractivity contribution is 6.42. The Kier molecular flexibility index (Phi) is 6.28. The summed E-state index contributed by atoms with van der Waals surface area (Å²) in [6, 6.07) is 13.6. The fourth-order valence-electron chi connectivity index (χ4n) is 3.02. The predicted octanol–water partition coefficient (Wildman–Crippen LogP) is 4.42. The van der Waals surface area contributed by atoms with E-state index in [9.17, 15) is 4.79 Å². The van der Waals surface area contributed by atoms with Crippen LogP contribution in [0, 0.1) is 6.92 Å². The zero-order valence-corrected chi connectivity index (χ0v) is 16.3. The first-order valence-electron chi connectivity index (χ1n) is 8.70. The summed E-state index contributed by atoms with van der Waals surface area (Å²) >= 11 is 11.8. The number of ether oxygens (including phenoxy) is 1. The van der Waals surface area contributed by atoms with E-state index in [2.05, 4.69) is 36.1 Å². The van der Waals surface area contributed by atoms with Gasteiger partial charge in [-0.2, -0.15) is 0 Å². The molecule has 3 rings (SSSR count). The molecule has 1 amide bonds. The van der Waals surface area contributed by atoms with E-state index in [1.165, 1.54) is 11.3 Å². The molecule has 0 aromatic heterocycles. The van der Waals surface area contributed by atoms with Crippen LogP contribution in [0.3, 0.4) is 0 Å². The van der Waals surface area contributed by atoms with Crippen LogP contribution < -0.4 is 9.64 Å². The highest BCUT2D eigenvalue weighted by atomic mass is 35.5. The van der Waals surface area contributed by atoms with Crippen molar-refractivity contribution in [2.24, 2.45) is 0 Å². The summed E-state index contributed by atoms with van der Waals surface area (Å²) in [4.78, 5) is 16.6. The summed E-state index contributed by atoms with van der Waals surface area (Å²) in [6.45, 7) is 5.59. The molecule has 0 aliphatic carbocycles. The molecule has 0 radical (unpaired) electrons. The first-order valence-corrected chi connectivity index (χ1v) is 9.46. The molecule has 0 saturated carbocycles. The number of piperazine rings is 1. The minimum Gasteiger partial charge on any atom is -0.493 e. The van der Waals surface area contributed by atoms with Crippen molar-refractivity contribution in [3.63, 3.8) is 0 Å². The molecule has 2 aromatic carbocycles. The third kappa shape index (κ3) is 4.83. The number of anilines is 1. The first-order chi connectivity index (χ1) is 12.5. The van der Waals surface area contributed by atoms with Crippen LogP contribution in [0.25, 0.3) is 0 Å². The molecule has 2 aromatic rings. The molecule has 0 bridgehead atoms. The van der Waals surface area contributed by atoms with Gasteiger partial charge in [0.05, 0.1) is 23.1 Å². The Labute approximate surface area is 164 Å². The Morgan fingerprint density at radius 2 is 1.81 bits per heavy atom. The van der Waals surface area contributed by atoms with Gasteiger partial charge in [0.2, 0.25) is 5.91 Å². The number of hydrogen-bond acceptors (Lipinski definition) is 3. The fraction of sp³-hybridized carbons (Fsp3) is 0.350. The number of rotatable bonds is 5. The van der Waals surface area contributed by atoms with Crippen LogP contribution in [-0.4, -0.2) is 43.6 Å². The van der Waals surface area contributed by atoms with E-state index in [1.807, 2.05) is 4.90 Å². The van der Waals surface area contributed by atoms with E-state index >= 15 is 0 Å². The highest BCUT2D eigenvalue weighted by Crippen LogP contribution is 2.26. The molecular formula is C20H22Cl2N2O2. The Balaban J connectivity index is 1.44. The summed E-state index contributed by atoms with van der Waals surface area (Å²) in [5, 5.41) is 0.935. The van der Waals surface area contributed by atoms with Crippen LogP contribution >= 0.6 is 23.2 Å². The van der Waals surface area contributed by atoms with E-state index in [-0.39, 0.29) is 5.91 Å². The monoisotopic (exact) mass is 392 g/mol. The van der Waals surface area contributed by atoms with Crippen LogP contribution in [0.5, 0.6) is 5.75 Å². The zero-order valence-electron chi connectivity index (χ0n) is 14.8. The molecule has 0 atom stereocenters. The standard InChI is InChI=1S/C20H22Cl2N2O2/c1-15-3-2-4-16(13-15)23-8-10-24(11-9-23)20(25)7-12-26-17-5-6-18(21)19(22)14-17/h2-6,13-14H,7-12H2,1H3. The van der Waals surface area contributed by atoms with Crippen molar-refractivity contribution < 1.29 is 9.53 Å².